The molecule has 0 radical (unpaired) electrons. The number of hydrogen-bond acceptors (Lipinski definition) is 3. The smallest absolute Gasteiger partial charge is 0.335 e. The van der Waals surface area contributed by atoms with Gasteiger partial charge in [-0.1, -0.05) is 30.3 Å². The number of fused-ring (bicyclic) bond motifs is 3. The lowest BCUT2D eigenvalue weighted by Crippen LogP contribution is -2.19. The van der Waals surface area contributed by atoms with Gasteiger partial charge in [0.05, 0.1) is 10.8 Å². The van der Waals surface area contributed by atoms with Crippen LogP contribution in [-0.2, 0) is 0 Å². The first-order valence-corrected chi connectivity index (χ1v) is 6.63. The molecule has 0 fully saturated rings. The van der Waals surface area contributed by atoms with Crippen molar-refractivity contribution < 1.29 is 9.90 Å². The molecule has 0 saturated carbocycles. The molecule has 0 bridgehead atoms. The van der Waals surface area contributed by atoms with Gasteiger partial charge >= 0.3 is 5.36 Å². The minimum absolute atomic E-state index is 0.0415. The monoisotopic (exact) mass is 288 g/mol. The summed E-state index contributed by atoms with van der Waals surface area (Å²) < 4.78 is 0. The molecule has 0 aromatic heterocycles. The third-order valence-electron chi connectivity index (χ3n) is 4.01. The molecule has 2 aliphatic carbocycles. The van der Waals surface area contributed by atoms with Gasteiger partial charge in [-0.2, -0.15) is 4.79 Å². The van der Waals surface area contributed by atoms with Crippen LogP contribution in [0.1, 0.15) is 0 Å². The molecule has 0 aliphatic heterocycles. The lowest BCUT2D eigenvalue weighted by molar-refractivity contribution is -0.0635. The van der Waals surface area contributed by atoms with Crippen LogP contribution >= 0.6 is 0 Å². The largest absolute Gasteiger partial charge is 0.507 e. The molecule has 104 valence electrons. The zero-order valence-corrected chi connectivity index (χ0v) is 11.2. The van der Waals surface area contributed by atoms with E-state index in [0.717, 1.165) is 0 Å². The number of rotatable bonds is 0. The van der Waals surface area contributed by atoms with E-state index in [9.17, 15) is 20.2 Å². The summed E-state index contributed by atoms with van der Waals surface area (Å²) in [6, 6.07) is 11.3. The minimum atomic E-state index is -0.508. The Balaban J connectivity index is 2.65. The summed E-state index contributed by atoms with van der Waals surface area (Å²) in [6.45, 7) is 0. The van der Waals surface area contributed by atoms with Crippen LogP contribution in [0, 0.1) is 10.4 Å². The Kier molecular flexibility index (Phi) is 2.32. The summed E-state index contributed by atoms with van der Waals surface area (Å²) in [5.41, 5.74) is 8.44. The van der Waals surface area contributed by atoms with Crippen molar-refractivity contribution in [2.45, 2.75) is 0 Å². The van der Waals surface area contributed by atoms with Crippen molar-refractivity contribution in [3.05, 3.63) is 84.2 Å². The van der Waals surface area contributed by atoms with E-state index in [1.54, 1.807) is 24.3 Å². The lowest BCUT2D eigenvalue weighted by Gasteiger charge is -1.97. The van der Waals surface area contributed by atoms with Gasteiger partial charge in [-0.3, -0.25) is 9.59 Å². The predicted molar refractivity (Wildman–Crippen MR) is 80.1 cm³/mol. The molecule has 2 aliphatic rings. The zero-order chi connectivity index (χ0) is 15.4. The molecule has 22 heavy (non-hydrogen) atoms. The molecule has 0 atom stereocenters. The molecule has 0 amide bonds. The highest BCUT2D eigenvalue weighted by molar-refractivity contribution is 5.92. The van der Waals surface area contributed by atoms with Crippen LogP contribution in [-0.4, -0.2) is 9.90 Å². The zero-order valence-electron chi connectivity index (χ0n) is 11.2. The van der Waals surface area contributed by atoms with Crippen LogP contribution in [0.5, 0.6) is 5.75 Å². The van der Waals surface area contributed by atoms with E-state index in [2.05, 4.69) is 4.79 Å². The Bertz CT molecular complexity index is 1320. The highest BCUT2D eigenvalue weighted by Crippen LogP contribution is 2.20. The lowest BCUT2D eigenvalue weighted by atomic mass is 10.1. The number of nitrogens with zero attached hydrogens (tertiary/aromatic N) is 2. The van der Waals surface area contributed by atoms with Crippen LogP contribution in [0.15, 0.2) is 52.1 Å². The third-order valence-corrected chi connectivity index (χ3v) is 4.01. The summed E-state index contributed by atoms with van der Waals surface area (Å²) in [4.78, 5) is 28.7. The summed E-state index contributed by atoms with van der Waals surface area (Å²) in [5, 5.41) is 11.5. The molecule has 2 aromatic rings. The molecule has 5 heteroatoms. The Hall–Kier alpha value is -3.30. The van der Waals surface area contributed by atoms with Crippen molar-refractivity contribution in [1.82, 2.24) is 0 Å². The van der Waals surface area contributed by atoms with E-state index in [-0.39, 0.29) is 37.7 Å². The molecule has 5 nitrogen and oxygen atoms in total. The number of aromatic hydroxyl groups is 1. The third kappa shape index (κ3) is 1.33. The van der Waals surface area contributed by atoms with E-state index < -0.39 is 5.43 Å². The quantitative estimate of drug-likeness (QED) is 0.388. The standard InChI is InChI=1S/C17H8N2O3/c18-19-15-9-5-2-1-4-8(9)13-14(15)17(22)12-10(16(13)21)6-3-7-11(12)20/h1-7,20H. The van der Waals surface area contributed by atoms with Gasteiger partial charge in [-0.25, -0.2) is 0 Å². The summed E-state index contributed by atoms with van der Waals surface area (Å²) in [5.74, 6) is -0.254. The van der Waals surface area contributed by atoms with Gasteiger partial charge in [0, 0.05) is 16.0 Å². The van der Waals surface area contributed by atoms with Crippen molar-refractivity contribution >= 4 is 21.5 Å². The first kappa shape index (κ1) is 12.4. The van der Waals surface area contributed by atoms with Gasteiger partial charge in [-0.05, 0) is 12.1 Å². The molecular weight excluding hydrogens is 280 g/mol. The molecule has 0 saturated heterocycles. The Morgan fingerprint density at radius 1 is 0.818 bits per heavy atom. The maximum absolute atomic E-state index is 12.8. The molecule has 1 N–H and O–H groups in total. The predicted octanol–water partition coefficient (Wildman–Crippen LogP) is 1.15. The van der Waals surface area contributed by atoms with E-state index in [0.29, 0.717) is 10.8 Å². The summed E-state index contributed by atoms with van der Waals surface area (Å²) in [6.07, 6.45) is 0. The van der Waals surface area contributed by atoms with Crippen molar-refractivity contribution in [3.63, 3.8) is 0 Å². The normalized spacial score (nSPS) is 11.3. The second-order valence-electron chi connectivity index (χ2n) is 5.10. The van der Waals surface area contributed by atoms with Gasteiger partial charge in [0.25, 0.3) is 0 Å². The summed E-state index contributed by atoms with van der Waals surface area (Å²) >= 11 is 0. The average molecular weight is 288 g/mol. The van der Waals surface area contributed by atoms with Crippen molar-refractivity contribution in [1.29, 1.82) is 0 Å². The number of benzene rings is 2. The SMILES string of the molecule is [N-]=[N+]=c1c2c(=O)c3c(O)cccc3c(=O)c=2c2ccccc12. The first-order valence-electron chi connectivity index (χ1n) is 6.63. The van der Waals surface area contributed by atoms with Gasteiger partial charge < -0.3 is 10.6 Å². The van der Waals surface area contributed by atoms with Crippen LogP contribution in [0.3, 0.4) is 0 Å². The Labute approximate surface area is 122 Å². The highest BCUT2D eigenvalue weighted by atomic mass is 16.3. The van der Waals surface area contributed by atoms with Crippen LogP contribution in [0.25, 0.3) is 27.1 Å². The first-order chi connectivity index (χ1) is 10.6. The second-order valence-corrected chi connectivity index (χ2v) is 5.10. The van der Waals surface area contributed by atoms with Crippen molar-refractivity contribution in [2.24, 2.45) is 0 Å². The second kappa shape index (κ2) is 4.10. The number of phenols is 1. The van der Waals surface area contributed by atoms with Gasteiger partial charge in [-0.15, -0.1) is 0 Å². The summed E-state index contributed by atoms with van der Waals surface area (Å²) in [7, 11) is 0. The van der Waals surface area contributed by atoms with E-state index >= 15 is 0 Å². The van der Waals surface area contributed by atoms with Crippen LogP contribution in [0.2, 0.25) is 0 Å². The molecule has 2 aromatic carbocycles. The number of hydrogen-bond donors (Lipinski definition) is 1. The minimum Gasteiger partial charge on any atom is -0.507 e. The van der Waals surface area contributed by atoms with Crippen molar-refractivity contribution in [2.75, 3.05) is 0 Å². The fraction of sp³-hybridized carbons (Fsp3) is 0. The van der Waals surface area contributed by atoms with E-state index in [1.165, 1.54) is 18.2 Å². The van der Waals surface area contributed by atoms with Gasteiger partial charge in [0.1, 0.15) is 11.0 Å². The highest BCUT2D eigenvalue weighted by Gasteiger charge is 2.20. The van der Waals surface area contributed by atoms with Crippen LogP contribution in [0.4, 0.5) is 0 Å². The van der Waals surface area contributed by atoms with Crippen LogP contribution < -0.4 is 16.2 Å². The van der Waals surface area contributed by atoms with Gasteiger partial charge in [0.15, 0.2) is 5.43 Å². The molecule has 0 spiro atoms. The Morgan fingerprint density at radius 2 is 1.50 bits per heavy atom. The maximum Gasteiger partial charge on any atom is 0.335 e. The topological polar surface area (TPSA) is 90.8 Å². The van der Waals surface area contributed by atoms with Crippen molar-refractivity contribution in [3.8, 4) is 5.75 Å². The fourth-order valence-corrected chi connectivity index (χ4v) is 3.08. The number of phenolic OH excluding ortho intramolecular Hbond substituents is 1. The molecular formula is C17H8N2O3. The van der Waals surface area contributed by atoms with E-state index in [4.69, 9.17) is 0 Å². The molecule has 0 unspecified atom stereocenters. The average Bonchev–Trinajstić information content (AvgIpc) is 2.87. The molecule has 4 rings (SSSR count). The van der Waals surface area contributed by atoms with Gasteiger partial charge in [0.2, 0.25) is 5.43 Å². The Morgan fingerprint density at radius 3 is 2.23 bits per heavy atom. The fourth-order valence-electron chi connectivity index (χ4n) is 3.08. The molecule has 0 heterocycles. The maximum atomic E-state index is 12.8. The van der Waals surface area contributed by atoms with E-state index in [1.807, 2.05) is 0 Å².